The maximum atomic E-state index is 11.0. The van der Waals surface area contributed by atoms with Crippen LogP contribution in [0, 0.1) is 0 Å². The second-order valence-corrected chi connectivity index (χ2v) is 5.26. The van der Waals surface area contributed by atoms with Crippen LogP contribution >= 0.6 is 8.03 Å². The van der Waals surface area contributed by atoms with E-state index in [4.69, 9.17) is 9.26 Å². The van der Waals surface area contributed by atoms with E-state index >= 15 is 0 Å². The van der Waals surface area contributed by atoms with Crippen LogP contribution < -0.4 is 0 Å². The summed E-state index contributed by atoms with van der Waals surface area (Å²) in [6, 6.07) is 0. The van der Waals surface area contributed by atoms with Crippen molar-refractivity contribution in [3.63, 3.8) is 0 Å². The molecular weight excluding hydrogens is 177 g/mol. The highest BCUT2D eigenvalue weighted by Crippen LogP contribution is 2.29. The molecule has 1 aliphatic heterocycles. The number of hydrogen-bond donors (Lipinski definition) is 0. The van der Waals surface area contributed by atoms with Gasteiger partial charge in [-0.15, -0.1) is 4.52 Å². The molecule has 70 valence electrons. The molecule has 0 N–H and O–H groups in total. The number of rotatable bonds is 2. The summed E-state index contributed by atoms with van der Waals surface area (Å²) in [5, 5.41) is 0. The maximum Gasteiger partial charge on any atom is 0.513 e. The van der Waals surface area contributed by atoms with E-state index in [2.05, 4.69) is 0 Å². The third-order valence-electron chi connectivity index (χ3n) is 1.51. The quantitative estimate of drug-likeness (QED) is 0.481. The van der Waals surface area contributed by atoms with E-state index in [0.717, 1.165) is 11.0 Å². The molecule has 0 radical (unpaired) electrons. The fourth-order valence-electron chi connectivity index (χ4n) is 1.01. The van der Waals surface area contributed by atoms with Gasteiger partial charge >= 0.3 is 8.03 Å². The Kier molecular flexibility index (Phi) is 3.18. The van der Waals surface area contributed by atoms with Gasteiger partial charge in [0.2, 0.25) is 6.16 Å². The van der Waals surface area contributed by atoms with Gasteiger partial charge in [-0.1, -0.05) is 0 Å². The van der Waals surface area contributed by atoms with E-state index in [1.807, 2.05) is 21.1 Å². The van der Waals surface area contributed by atoms with E-state index < -0.39 is 8.03 Å². The van der Waals surface area contributed by atoms with Crippen molar-refractivity contribution in [2.24, 2.45) is 0 Å². The van der Waals surface area contributed by atoms with Gasteiger partial charge < -0.3 is 9.22 Å². The van der Waals surface area contributed by atoms with Crippen molar-refractivity contribution in [2.45, 2.75) is 6.29 Å². The van der Waals surface area contributed by atoms with Gasteiger partial charge in [-0.2, -0.15) is 0 Å². The first kappa shape index (κ1) is 10.1. The van der Waals surface area contributed by atoms with Gasteiger partial charge in [-0.3, -0.25) is 0 Å². The normalized spacial score (nSPS) is 28.9. The van der Waals surface area contributed by atoms with Crippen LogP contribution in [0.25, 0.3) is 0 Å². The Morgan fingerprint density at radius 2 is 2.17 bits per heavy atom. The van der Waals surface area contributed by atoms with Gasteiger partial charge in [-0.25, -0.2) is 0 Å². The van der Waals surface area contributed by atoms with Crippen molar-refractivity contribution in [3.05, 3.63) is 0 Å². The molecule has 2 unspecified atom stereocenters. The van der Waals surface area contributed by atoms with Crippen LogP contribution in [0.2, 0.25) is 0 Å². The molecule has 4 nitrogen and oxygen atoms in total. The van der Waals surface area contributed by atoms with Crippen LogP contribution in [-0.4, -0.2) is 51.2 Å². The lowest BCUT2D eigenvalue weighted by atomic mass is 10.5. The summed E-state index contributed by atoms with van der Waals surface area (Å²) >= 11 is 0. The predicted molar refractivity (Wildman–Crippen MR) is 46.2 cm³/mol. The summed E-state index contributed by atoms with van der Waals surface area (Å²) in [4.78, 5) is 0. The van der Waals surface area contributed by atoms with E-state index in [0.29, 0.717) is 12.8 Å². The first-order chi connectivity index (χ1) is 5.47. The smallest absolute Gasteiger partial charge is 0.339 e. The highest BCUT2D eigenvalue weighted by molar-refractivity contribution is 7.39. The van der Waals surface area contributed by atoms with Crippen LogP contribution in [0.15, 0.2) is 0 Å². The highest BCUT2D eigenvalue weighted by atomic mass is 31.1. The summed E-state index contributed by atoms with van der Waals surface area (Å²) in [6.07, 6.45) is 0.241. The number of quaternary nitrogens is 1. The lowest BCUT2D eigenvalue weighted by molar-refractivity contribution is -0.876. The Hall–Kier alpha value is -0.0200. The van der Waals surface area contributed by atoms with Gasteiger partial charge in [0.25, 0.3) is 6.29 Å². The van der Waals surface area contributed by atoms with Crippen LogP contribution in [0.4, 0.5) is 0 Å². The SMILES string of the molecule is C[N+](C)(C)CC1OCC[P+](=O)O1. The van der Waals surface area contributed by atoms with Crippen molar-refractivity contribution in [1.82, 2.24) is 0 Å². The van der Waals surface area contributed by atoms with Gasteiger partial charge in [0, 0.05) is 0 Å². The number of ether oxygens (including phenoxy) is 1. The van der Waals surface area contributed by atoms with Crippen LogP contribution in [0.1, 0.15) is 0 Å². The first-order valence-electron chi connectivity index (χ1n) is 4.01. The summed E-state index contributed by atoms with van der Waals surface area (Å²) in [6.45, 7) is 1.29. The fraction of sp³-hybridized carbons (Fsp3) is 1.00. The molecule has 1 rings (SSSR count). The van der Waals surface area contributed by atoms with Gasteiger partial charge in [-0.05, 0) is 4.57 Å². The molecule has 1 saturated heterocycles. The molecule has 1 heterocycles. The topological polar surface area (TPSA) is 35.5 Å². The number of likely N-dealkylation sites (N-methyl/N-ethyl adjacent to an activating group) is 1. The Morgan fingerprint density at radius 3 is 2.67 bits per heavy atom. The molecule has 0 amide bonds. The average molecular weight is 193 g/mol. The van der Waals surface area contributed by atoms with Gasteiger partial charge in [0.1, 0.15) is 6.54 Å². The summed E-state index contributed by atoms with van der Waals surface area (Å²) in [5.41, 5.74) is 0. The van der Waals surface area contributed by atoms with Gasteiger partial charge in [0.15, 0.2) is 0 Å². The molecule has 0 aromatic heterocycles. The van der Waals surface area contributed by atoms with Crippen LogP contribution in [0.5, 0.6) is 0 Å². The summed E-state index contributed by atoms with van der Waals surface area (Å²) < 4.78 is 22.2. The highest BCUT2D eigenvalue weighted by Gasteiger charge is 2.34. The lowest BCUT2D eigenvalue weighted by Gasteiger charge is -2.27. The largest absolute Gasteiger partial charge is 0.513 e. The van der Waals surface area contributed by atoms with Crippen molar-refractivity contribution >= 4 is 8.03 Å². The molecule has 0 saturated carbocycles. The molecule has 0 aliphatic carbocycles. The monoisotopic (exact) mass is 193 g/mol. The van der Waals surface area contributed by atoms with Crippen molar-refractivity contribution < 1.29 is 18.3 Å². The standard InChI is InChI=1S/C7H16NO3P/c1-8(2,3)6-7-10-4-5-12(9)11-7/h7H,4-6H2,1-3H3/q+2. The maximum absolute atomic E-state index is 11.0. The molecule has 1 fully saturated rings. The number of hydrogen-bond acceptors (Lipinski definition) is 3. The van der Waals surface area contributed by atoms with Crippen molar-refractivity contribution in [1.29, 1.82) is 0 Å². The van der Waals surface area contributed by atoms with E-state index in [9.17, 15) is 4.57 Å². The second-order valence-electron chi connectivity index (χ2n) is 3.93. The van der Waals surface area contributed by atoms with Crippen molar-refractivity contribution in [3.8, 4) is 0 Å². The third-order valence-corrected chi connectivity index (χ3v) is 2.53. The van der Waals surface area contributed by atoms with E-state index in [1.54, 1.807) is 0 Å². The van der Waals surface area contributed by atoms with Crippen LogP contribution in [-0.2, 0) is 13.8 Å². The van der Waals surface area contributed by atoms with E-state index in [1.165, 1.54) is 0 Å². The Labute approximate surface area is 73.9 Å². The molecule has 12 heavy (non-hydrogen) atoms. The van der Waals surface area contributed by atoms with Crippen LogP contribution in [0.3, 0.4) is 0 Å². The molecular formula is C7H16NO3P+2. The van der Waals surface area contributed by atoms with Crippen molar-refractivity contribution in [2.75, 3.05) is 40.5 Å². The molecule has 0 bridgehead atoms. The third kappa shape index (κ3) is 3.59. The molecule has 2 atom stereocenters. The Bertz CT molecular complexity index is 178. The number of nitrogens with zero attached hydrogens (tertiary/aromatic N) is 1. The lowest BCUT2D eigenvalue weighted by Crippen LogP contribution is -2.44. The minimum Gasteiger partial charge on any atom is -0.339 e. The minimum absolute atomic E-state index is 0.289. The summed E-state index contributed by atoms with van der Waals surface area (Å²) in [5.74, 6) is 0. The molecule has 5 heteroatoms. The van der Waals surface area contributed by atoms with Gasteiger partial charge in [0.05, 0.1) is 27.7 Å². The molecule has 0 spiro atoms. The summed E-state index contributed by atoms with van der Waals surface area (Å²) in [7, 11) is 4.68. The fourth-order valence-corrected chi connectivity index (χ4v) is 1.76. The zero-order chi connectivity index (χ0) is 9.19. The zero-order valence-electron chi connectivity index (χ0n) is 7.82. The molecule has 1 aliphatic rings. The molecule has 0 aromatic rings. The van der Waals surface area contributed by atoms with E-state index in [-0.39, 0.29) is 6.29 Å². The zero-order valence-corrected chi connectivity index (χ0v) is 8.71. The Balaban J connectivity index is 2.37. The average Bonchev–Trinajstić information content (AvgIpc) is 1.82. The molecule has 0 aromatic carbocycles. The Morgan fingerprint density at radius 1 is 1.50 bits per heavy atom. The predicted octanol–water partition coefficient (Wildman–Crippen LogP) is 0.808. The first-order valence-corrected chi connectivity index (χ1v) is 5.37. The second kappa shape index (κ2) is 3.79. The minimum atomic E-state index is -1.47.